The number of carbonyl (C=O) groups excluding carboxylic acids is 4. The molecule has 4 aromatic rings. The van der Waals surface area contributed by atoms with Gasteiger partial charge in [0.15, 0.2) is 42.6 Å². The SMILES string of the molecule is CS/C(=C1\C(=O)N2[C@@H](C(=O)OC(c3ccccc3)c3ccccc3)C(C)(C)S(=O)(=O)[C@H]12)c1ccccn1.CS/C(=C1\C(=O)N2[C@@H](C(=O)[O-])C(C)(C)S(=O)(=O)[C@H]12)c1ccccn1.[Na+]. The average molecular weight is 925 g/mol. The Morgan fingerprint density at radius 1 is 0.645 bits per heavy atom. The number of hydrogen-bond acceptors (Lipinski definition) is 14. The molecule has 14 nitrogen and oxygen atoms in total. The van der Waals surface area contributed by atoms with Crippen molar-refractivity contribution in [3.63, 3.8) is 0 Å². The largest absolute Gasteiger partial charge is 1.00 e. The van der Waals surface area contributed by atoms with Crippen molar-refractivity contribution in [3.8, 4) is 0 Å². The Kier molecular flexibility index (Phi) is 13.5. The fraction of sp³-hybridized carbons (Fsp3) is 0.302. The van der Waals surface area contributed by atoms with Crippen molar-refractivity contribution < 1.29 is 75.4 Å². The Bertz CT molecular complexity index is 2660. The number of fused-ring (bicyclic) bond motifs is 2. The third kappa shape index (κ3) is 7.44. The molecule has 4 fully saturated rings. The second-order valence-electron chi connectivity index (χ2n) is 15.5. The smallest absolute Gasteiger partial charge is 0.548 e. The molecule has 62 heavy (non-hydrogen) atoms. The van der Waals surface area contributed by atoms with Crippen molar-refractivity contribution in [1.82, 2.24) is 19.8 Å². The van der Waals surface area contributed by atoms with Gasteiger partial charge in [0.1, 0.15) is 4.75 Å². The minimum atomic E-state index is -3.96. The Hall–Kier alpha value is -4.30. The number of sulfone groups is 2. The van der Waals surface area contributed by atoms with Gasteiger partial charge in [-0.25, -0.2) is 21.6 Å². The van der Waals surface area contributed by atoms with Crippen molar-refractivity contribution in [2.75, 3.05) is 12.5 Å². The van der Waals surface area contributed by atoms with Gasteiger partial charge in [0.05, 0.1) is 39.3 Å². The number of aliphatic carboxylic acids is 1. The number of hydrogen-bond donors (Lipinski definition) is 0. The van der Waals surface area contributed by atoms with Gasteiger partial charge in [-0.05, 0) is 75.6 Å². The number of esters is 1. The molecule has 4 saturated heterocycles. The summed E-state index contributed by atoms with van der Waals surface area (Å²) in [4.78, 5) is 62.7. The summed E-state index contributed by atoms with van der Waals surface area (Å²) in [5.41, 5.74) is 2.72. The van der Waals surface area contributed by atoms with E-state index in [1.54, 1.807) is 61.3 Å². The Labute approximate surface area is 390 Å². The number of ether oxygens (including phenoxy) is 1. The second kappa shape index (κ2) is 17.7. The Morgan fingerprint density at radius 3 is 1.37 bits per heavy atom. The number of carboxylic acid groups (broad SMARTS) is 1. The minimum absolute atomic E-state index is 0. The maximum atomic E-state index is 13.8. The number of pyridine rings is 2. The summed E-state index contributed by atoms with van der Waals surface area (Å²) in [5, 5.41) is 8.95. The van der Waals surface area contributed by atoms with Crippen molar-refractivity contribution in [3.05, 3.63) is 143 Å². The van der Waals surface area contributed by atoms with Gasteiger partial charge in [0.2, 0.25) is 0 Å². The fourth-order valence-corrected chi connectivity index (χ4v) is 14.1. The predicted molar refractivity (Wildman–Crippen MR) is 230 cm³/mol. The summed E-state index contributed by atoms with van der Waals surface area (Å²) in [7, 11) is -7.88. The normalized spacial score (nSPS) is 24.8. The van der Waals surface area contributed by atoms with Gasteiger partial charge < -0.3 is 24.4 Å². The van der Waals surface area contributed by atoms with Crippen LogP contribution in [0.5, 0.6) is 0 Å². The summed E-state index contributed by atoms with van der Waals surface area (Å²) < 4.78 is 56.0. The summed E-state index contributed by atoms with van der Waals surface area (Å²) in [6, 6.07) is 26.1. The van der Waals surface area contributed by atoms with Gasteiger partial charge in [-0.2, -0.15) is 0 Å². The molecule has 0 spiro atoms. The van der Waals surface area contributed by atoms with E-state index in [1.165, 1.54) is 56.1 Å². The fourth-order valence-electron chi connectivity index (χ4n) is 8.20. The van der Waals surface area contributed by atoms with E-state index >= 15 is 0 Å². The molecule has 2 amide bonds. The number of β-lactam (4-membered cyclic amide) rings is 2. The number of rotatable bonds is 9. The molecular weight excluding hydrogens is 884 g/mol. The molecule has 0 radical (unpaired) electrons. The summed E-state index contributed by atoms with van der Waals surface area (Å²) in [6.45, 7) is 5.59. The molecule has 0 aliphatic carbocycles. The number of benzene rings is 2. The zero-order valence-electron chi connectivity index (χ0n) is 34.8. The molecular formula is C43H41N4NaO10S4. The third-order valence-corrected chi connectivity index (χ3v) is 18.6. The van der Waals surface area contributed by atoms with E-state index < -0.39 is 81.9 Å². The van der Waals surface area contributed by atoms with Gasteiger partial charge in [-0.1, -0.05) is 72.8 Å². The minimum Gasteiger partial charge on any atom is -0.548 e. The number of carbonyl (C=O) groups is 4. The number of thioether (sulfide) groups is 2. The van der Waals surface area contributed by atoms with Crippen LogP contribution in [-0.2, 0) is 43.6 Å². The quantitative estimate of drug-likeness (QED) is 0.0992. The molecule has 2 aromatic carbocycles. The van der Waals surface area contributed by atoms with Crippen LogP contribution in [0, 0.1) is 0 Å². The van der Waals surface area contributed by atoms with Crippen molar-refractivity contribution in [2.45, 2.75) is 66.1 Å². The third-order valence-electron chi connectivity index (χ3n) is 11.4. The molecule has 0 bridgehead atoms. The molecule has 0 saturated carbocycles. The molecule has 4 aliphatic rings. The van der Waals surface area contributed by atoms with E-state index in [4.69, 9.17) is 4.74 Å². The van der Waals surface area contributed by atoms with Crippen LogP contribution in [0.1, 0.15) is 56.3 Å². The van der Waals surface area contributed by atoms with Crippen LogP contribution in [-0.4, -0.2) is 105 Å². The summed E-state index contributed by atoms with van der Waals surface area (Å²) in [6.07, 6.45) is 5.87. The van der Waals surface area contributed by atoms with Crippen LogP contribution in [0.2, 0.25) is 0 Å². The Balaban J connectivity index is 0.000000222. The van der Waals surface area contributed by atoms with Crippen LogP contribution in [0.25, 0.3) is 9.81 Å². The van der Waals surface area contributed by atoms with Crippen molar-refractivity contribution in [1.29, 1.82) is 0 Å². The first-order chi connectivity index (χ1) is 28.9. The predicted octanol–water partition coefficient (Wildman–Crippen LogP) is 0.886. The van der Waals surface area contributed by atoms with E-state index in [2.05, 4.69) is 9.97 Å². The van der Waals surface area contributed by atoms with Crippen LogP contribution in [0.4, 0.5) is 0 Å². The van der Waals surface area contributed by atoms with E-state index in [1.807, 2.05) is 60.7 Å². The van der Waals surface area contributed by atoms with Gasteiger partial charge in [0.25, 0.3) is 11.8 Å². The van der Waals surface area contributed by atoms with Crippen LogP contribution < -0.4 is 34.7 Å². The molecule has 4 aliphatic heterocycles. The first-order valence-corrected chi connectivity index (χ1v) is 24.4. The van der Waals surface area contributed by atoms with Crippen LogP contribution >= 0.6 is 23.5 Å². The van der Waals surface area contributed by atoms with Gasteiger partial charge in [-0.3, -0.25) is 19.6 Å². The summed E-state index contributed by atoms with van der Waals surface area (Å²) in [5.74, 6) is -3.42. The zero-order chi connectivity index (χ0) is 44.2. The average Bonchev–Trinajstić information content (AvgIpc) is 3.49. The van der Waals surface area contributed by atoms with Crippen LogP contribution in [0.15, 0.2) is 121 Å². The standard InChI is InChI=1S/C28H26N2O5S2.C15H16N2O5S2.Na/c1-28(2)24(27(32)35-22(18-12-6-4-7-13-18)19-14-8-5-9-15-19)30-25(31)21(26(30)37(28,33)34)23(36-3)20-16-10-11-17-29-20;1-15(2)11(14(19)20)17-12(18)9(13(17)24(15,21)22)10(23-3)8-6-4-5-7-16-8;/h4-17,22,24,26H,1-3H3;4-7,11,13H,1-3H3,(H,19,20);/q;;+1/p-1/b23-21+;10-9+;/t24-,26+;11-,13+;/m00./s1. The molecule has 4 atom stereocenters. The van der Waals surface area contributed by atoms with E-state index in [9.17, 15) is 41.1 Å². The van der Waals surface area contributed by atoms with E-state index in [0.717, 1.165) is 16.0 Å². The monoisotopic (exact) mass is 924 g/mol. The maximum absolute atomic E-state index is 13.8. The molecule has 0 unspecified atom stereocenters. The molecule has 8 rings (SSSR count). The zero-order valence-corrected chi connectivity index (χ0v) is 40.0. The van der Waals surface area contributed by atoms with Crippen molar-refractivity contribution in [2.24, 2.45) is 0 Å². The molecule has 2 aromatic heterocycles. The first kappa shape index (κ1) is 47.2. The van der Waals surface area contributed by atoms with Gasteiger partial charge >= 0.3 is 35.5 Å². The van der Waals surface area contributed by atoms with Gasteiger partial charge in [0, 0.05) is 22.2 Å². The second-order valence-corrected chi connectivity index (χ2v) is 22.3. The van der Waals surface area contributed by atoms with E-state index in [-0.39, 0.29) is 40.7 Å². The number of aromatic nitrogens is 2. The van der Waals surface area contributed by atoms with E-state index in [0.29, 0.717) is 21.2 Å². The summed E-state index contributed by atoms with van der Waals surface area (Å²) >= 11 is 2.48. The number of carboxylic acids is 1. The number of nitrogens with zero attached hydrogens (tertiary/aromatic N) is 4. The Morgan fingerprint density at radius 2 is 1.02 bits per heavy atom. The maximum Gasteiger partial charge on any atom is 1.00 e. The first-order valence-electron chi connectivity index (χ1n) is 18.9. The molecule has 318 valence electrons. The van der Waals surface area contributed by atoms with Crippen molar-refractivity contribution >= 4 is 76.8 Å². The van der Waals surface area contributed by atoms with Gasteiger partial charge in [-0.15, -0.1) is 23.5 Å². The molecule has 19 heteroatoms. The van der Waals surface area contributed by atoms with Crippen LogP contribution in [0.3, 0.4) is 0 Å². The number of amides is 2. The molecule has 0 N–H and O–H groups in total. The topological polar surface area (TPSA) is 201 Å². The molecule has 6 heterocycles.